The van der Waals surface area contributed by atoms with E-state index in [0.717, 1.165) is 5.56 Å². The first-order valence-electron chi connectivity index (χ1n) is 6.84. The Morgan fingerprint density at radius 1 is 1.38 bits per heavy atom. The minimum Gasteiger partial charge on any atom is -0.465 e. The zero-order chi connectivity index (χ0) is 15.4. The van der Waals surface area contributed by atoms with Crippen molar-refractivity contribution in [1.82, 2.24) is 4.90 Å². The first-order valence-corrected chi connectivity index (χ1v) is 6.84. The highest BCUT2D eigenvalue weighted by Gasteiger charge is 2.29. The number of primary amides is 1. The predicted octanol–water partition coefficient (Wildman–Crippen LogP) is 0.548. The van der Waals surface area contributed by atoms with Crippen LogP contribution < -0.4 is 5.73 Å². The number of carbonyl (C=O) groups is 2. The molecular formula is C15H20N2O4. The number of esters is 1. The summed E-state index contributed by atoms with van der Waals surface area (Å²) in [5.74, 6) is -0.828. The van der Waals surface area contributed by atoms with Gasteiger partial charge >= 0.3 is 5.97 Å². The van der Waals surface area contributed by atoms with Gasteiger partial charge in [0, 0.05) is 19.6 Å². The molecule has 2 atom stereocenters. The van der Waals surface area contributed by atoms with Crippen LogP contribution in [0, 0.1) is 0 Å². The largest absolute Gasteiger partial charge is 0.465 e. The van der Waals surface area contributed by atoms with Crippen LogP contribution in [0.5, 0.6) is 0 Å². The van der Waals surface area contributed by atoms with Gasteiger partial charge in [-0.05, 0) is 18.6 Å². The Balaban J connectivity index is 2.14. The van der Waals surface area contributed by atoms with Crippen LogP contribution in [0.15, 0.2) is 24.3 Å². The average Bonchev–Trinajstić information content (AvgIpc) is 2.46. The number of rotatable bonds is 4. The second kappa shape index (κ2) is 6.69. The quantitative estimate of drug-likeness (QED) is 0.819. The maximum Gasteiger partial charge on any atom is 0.338 e. The van der Waals surface area contributed by atoms with Crippen molar-refractivity contribution in [2.24, 2.45) is 5.73 Å². The zero-order valence-electron chi connectivity index (χ0n) is 12.2. The predicted molar refractivity (Wildman–Crippen MR) is 76.6 cm³/mol. The Bertz CT molecular complexity index is 532. The number of morpholine rings is 1. The Labute approximate surface area is 123 Å². The SMILES string of the molecule is COC(=O)c1ccccc1CN1C[C@@H](C)O[C@@H](C(N)=O)C1. The van der Waals surface area contributed by atoms with Gasteiger partial charge < -0.3 is 15.2 Å². The van der Waals surface area contributed by atoms with E-state index in [9.17, 15) is 9.59 Å². The average molecular weight is 292 g/mol. The summed E-state index contributed by atoms with van der Waals surface area (Å²) in [6.07, 6.45) is -0.694. The van der Waals surface area contributed by atoms with Crippen molar-refractivity contribution in [2.45, 2.75) is 25.7 Å². The molecule has 114 valence electrons. The van der Waals surface area contributed by atoms with Crippen LogP contribution in [-0.2, 0) is 20.8 Å². The number of carbonyl (C=O) groups excluding carboxylic acids is 2. The third-order valence-electron chi connectivity index (χ3n) is 3.47. The first-order chi connectivity index (χ1) is 10.0. The molecule has 6 heteroatoms. The van der Waals surface area contributed by atoms with Crippen molar-refractivity contribution >= 4 is 11.9 Å². The van der Waals surface area contributed by atoms with Crippen LogP contribution in [0.1, 0.15) is 22.8 Å². The number of benzene rings is 1. The maximum atomic E-state index is 11.8. The number of ether oxygens (including phenoxy) is 2. The van der Waals surface area contributed by atoms with Gasteiger partial charge in [0.2, 0.25) is 5.91 Å². The second-order valence-electron chi connectivity index (χ2n) is 5.18. The summed E-state index contributed by atoms with van der Waals surface area (Å²) in [4.78, 5) is 25.1. The van der Waals surface area contributed by atoms with E-state index >= 15 is 0 Å². The van der Waals surface area contributed by atoms with Gasteiger partial charge in [-0.3, -0.25) is 9.69 Å². The number of amides is 1. The lowest BCUT2D eigenvalue weighted by Gasteiger charge is -2.35. The van der Waals surface area contributed by atoms with E-state index in [1.165, 1.54) is 7.11 Å². The monoisotopic (exact) mass is 292 g/mol. The smallest absolute Gasteiger partial charge is 0.338 e. The van der Waals surface area contributed by atoms with Crippen LogP contribution in [0.2, 0.25) is 0 Å². The highest BCUT2D eigenvalue weighted by atomic mass is 16.5. The third-order valence-corrected chi connectivity index (χ3v) is 3.47. The van der Waals surface area contributed by atoms with E-state index in [1.807, 2.05) is 19.1 Å². The molecular weight excluding hydrogens is 272 g/mol. The van der Waals surface area contributed by atoms with Crippen molar-refractivity contribution in [1.29, 1.82) is 0 Å². The molecule has 1 aliphatic rings. The maximum absolute atomic E-state index is 11.8. The molecule has 1 heterocycles. The summed E-state index contributed by atoms with van der Waals surface area (Å²) in [7, 11) is 1.36. The van der Waals surface area contributed by atoms with E-state index in [4.69, 9.17) is 15.2 Å². The molecule has 0 spiro atoms. The van der Waals surface area contributed by atoms with Gasteiger partial charge in [0.1, 0.15) is 6.10 Å². The molecule has 1 aromatic carbocycles. The molecule has 1 saturated heterocycles. The fourth-order valence-corrected chi connectivity index (χ4v) is 2.53. The molecule has 0 bridgehead atoms. The van der Waals surface area contributed by atoms with Crippen LogP contribution in [0.25, 0.3) is 0 Å². The molecule has 21 heavy (non-hydrogen) atoms. The van der Waals surface area contributed by atoms with Gasteiger partial charge in [0.15, 0.2) is 0 Å². The number of hydrogen-bond donors (Lipinski definition) is 1. The molecule has 0 unspecified atom stereocenters. The number of methoxy groups -OCH3 is 1. The van der Waals surface area contributed by atoms with Gasteiger partial charge in [0.05, 0.1) is 18.8 Å². The van der Waals surface area contributed by atoms with E-state index in [-0.39, 0.29) is 12.1 Å². The lowest BCUT2D eigenvalue weighted by atomic mass is 10.1. The highest BCUT2D eigenvalue weighted by Crippen LogP contribution is 2.17. The normalized spacial score (nSPS) is 22.8. The lowest BCUT2D eigenvalue weighted by Crippen LogP contribution is -2.51. The summed E-state index contributed by atoms with van der Waals surface area (Å²) in [5.41, 5.74) is 6.72. The topological polar surface area (TPSA) is 81.9 Å². The van der Waals surface area contributed by atoms with E-state index in [1.54, 1.807) is 12.1 Å². The molecule has 1 aromatic rings. The Morgan fingerprint density at radius 2 is 2.10 bits per heavy atom. The van der Waals surface area contributed by atoms with Crippen molar-refractivity contribution in [3.63, 3.8) is 0 Å². The molecule has 6 nitrogen and oxygen atoms in total. The van der Waals surface area contributed by atoms with E-state index in [0.29, 0.717) is 25.2 Å². The first kappa shape index (κ1) is 15.5. The van der Waals surface area contributed by atoms with E-state index < -0.39 is 12.0 Å². The van der Waals surface area contributed by atoms with Gasteiger partial charge in [-0.1, -0.05) is 18.2 Å². The summed E-state index contributed by atoms with van der Waals surface area (Å²) in [5, 5.41) is 0. The van der Waals surface area contributed by atoms with Gasteiger partial charge in [0.25, 0.3) is 0 Å². The molecule has 1 fully saturated rings. The molecule has 0 saturated carbocycles. The summed E-state index contributed by atoms with van der Waals surface area (Å²) in [6.45, 7) is 3.55. The summed E-state index contributed by atoms with van der Waals surface area (Å²) < 4.78 is 10.3. The minimum absolute atomic E-state index is 0.0819. The molecule has 0 aromatic heterocycles. The van der Waals surface area contributed by atoms with Gasteiger partial charge in [-0.2, -0.15) is 0 Å². The molecule has 0 radical (unpaired) electrons. The Morgan fingerprint density at radius 3 is 2.76 bits per heavy atom. The molecule has 0 aliphatic carbocycles. The van der Waals surface area contributed by atoms with Crippen LogP contribution >= 0.6 is 0 Å². The molecule has 2 rings (SSSR count). The fourth-order valence-electron chi connectivity index (χ4n) is 2.53. The van der Waals surface area contributed by atoms with Gasteiger partial charge in [-0.15, -0.1) is 0 Å². The lowest BCUT2D eigenvalue weighted by molar-refractivity contribution is -0.142. The number of nitrogens with zero attached hydrogens (tertiary/aromatic N) is 1. The Kier molecular flexibility index (Phi) is 4.93. The zero-order valence-corrected chi connectivity index (χ0v) is 12.2. The van der Waals surface area contributed by atoms with Crippen molar-refractivity contribution in [3.05, 3.63) is 35.4 Å². The Hall–Kier alpha value is -1.92. The van der Waals surface area contributed by atoms with Crippen molar-refractivity contribution in [2.75, 3.05) is 20.2 Å². The highest BCUT2D eigenvalue weighted by molar-refractivity contribution is 5.90. The minimum atomic E-state index is -0.612. The number of nitrogens with two attached hydrogens (primary N) is 1. The fraction of sp³-hybridized carbons (Fsp3) is 0.467. The second-order valence-corrected chi connectivity index (χ2v) is 5.18. The van der Waals surface area contributed by atoms with Crippen LogP contribution in [-0.4, -0.2) is 49.2 Å². The molecule has 1 amide bonds. The third kappa shape index (κ3) is 3.80. The summed E-state index contributed by atoms with van der Waals surface area (Å²) >= 11 is 0. The molecule has 1 aliphatic heterocycles. The van der Waals surface area contributed by atoms with E-state index in [2.05, 4.69) is 4.90 Å². The molecule has 2 N–H and O–H groups in total. The summed E-state index contributed by atoms with van der Waals surface area (Å²) in [6, 6.07) is 7.28. The van der Waals surface area contributed by atoms with Crippen LogP contribution in [0.3, 0.4) is 0 Å². The van der Waals surface area contributed by atoms with Gasteiger partial charge in [-0.25, -0.2) is 4.79 Å². The van der Waals surface area contributed by atoms with Crippen LogP contribution in [0.4, 0.5) is 0 Å². The van der Waals surface area contributed by atoms with Crippen molar-refractivity contribution in [3.8, 4) is 0 Å². The standard InChI is InChI=1S/C15H20N2O4/c1-10-7-17(9-13(21-10)14(16)18)8-11-5-3-4-6-12(11)15(19)20-2/h3-6,10,13H,7-9H2,1-2H3,(H2,16,18)/t10-,13-/m1/s1. The number of hydrogen-bond acceptors (Lipinski definition) is 5. The van der Waals surface area contributed by atoms with Crippen molar-refractivity contribution < 1.29 is 19.1 Å².